The van der Waals surface area contributed by atoms with E-state index in [1.165, 1.54) is 57.8 Å². The molecule has 0 radical (unpaired) electrons. The van der Waals surface area contributed by atoms with Crippen molar-refractivity contribution in [2.45, 2.75) is 69.9 Å². The molecule has 0 spiro atoms. The van der Waals surface area contributed by atoms with Gasteiger partial charge in [0.15, 0.2) is 0 Å². The highest BCUT2D eigenvalue weighted by molar-refractivity contribution is 4.95. The molecule has 0 amide bonds. The zero-order chi connectivity index (χ0) is 9.38. The topological polar surface area (TPSA) is 12.0 Å². The number of hydrogen-bond acceptors (Lipinski definition) is 1. The van der Waals surface area contributed by atoms with Crippen LogP contribution in [-0.2, 0) is 0 Å². The molecule has 3 aliphatic carbocycles. The van der Waals surface area contributed by atoms with Crippen LogP contribution in [0.1, 0.15) is 57.8 Å². The van der Waals surface area contributed by atoms with E-state index in [4.69, 9.17) is 0 Å². The van der Waals surface area contributed by atoms with Gasteiger partial charge in [-0.05, 0) is 50.4 Å². The molecule has 0 saturated heterocycles. The zero-order valence-corrected chi connectivity index (χ0v) is 9.17. The monoisotopic (exact) mass is 193 g/mol. The van der Waals surface area contributed by atoms with Gasteiger partial charge in [0.25, 0.3) is 0 Å². The summed E-state index contributed by atoms with van der Waals surface area (Å²) in [5, 5.41) is 3.98. The molecule has 2 bridgehead atoms. The molecule has 0 aromatic rings. The van der Waals surface area contributed by atoms with Gasteiger partial charge in [-0.2, -0.15) is 0 Å². The van der Waals surface area contributed by atoms with Crippen LogP contribution in [0.3, 0.4) is 0 Å². The van der Waals surface area contributed by atoms with Gasteiger partial charge in [-0.25, -0.2) is 0 Å². The van der Waals surface area contributed by atoms with Crippen LogP contribution in [0.2, 0.25) is 0 Å². The Labute approximate surface area is 87.7 Å². The molecule has 3 saturated carbocycles. The average Bonchev–Trinajstić information content (AvgIpc) is 2.75. The van der Waals surface area contributed by atoms with E-state index in [1.54, 1.807) is 0 Å². The van der Waals surface area contributed by atoms with Crippen LogP contribution in [-0.4, -0.2) is 12.1 Å². The third-order valence-corrected chi connectivity index (χ3v) is 4.86. The molecule has 0 aromatic heterocycles. The van der Waals surface area contributed by atoms with Crippen LogP contribution in [0.4, 0.5) is 0 Å². The molecule has 3 rings (SSSR count). The van der Waals surface area contributed by atoms with Gasteiger partial charge in [0.2, 0.25) is 0 Å². The molecule has 1 heteroatoms. The SMILES string of the molecule is C1CCC(NC2C3CCCC2CC3)C1. The second-order valence-corrected chi connectivity index (χ2v) is 5.70. The van der Waals surface area contributed by atoms with E-state index in [9.17, 15) is 0 Å². The summed E-state index contributed by atoms with van der Waals surface area (Å²) in [7, 11) is 0. The largest absolute Gasteiger partial charge is 0.311 e. The van der Waals surface area contributed by atoms with E-state index < -0.39 is 0 Å². The van der Waals surface area contributed by atoms with Crippen molar-refractivity contribution >= 4 is 0 Å². The zero-order valence-electron chi connectivity index (χ0n) is 9.17. The summed E-state index contributed by atoms with van der Waals surface area (Å²) in [6, 6.07) is 1.81. The fourth-order valence-corrected chi connectivity index (χ4v) is 4.10. The first-order valence-electron chi connectivity index (χ1n) is 6.69. The highest BCUT2D eigenvalue weighted by Gasteiger charge is 2.39. The van der Waals surface area contributed by atoms with Gasteiger partial charge in [0.05, 0.1) is 0 Å². The predicted octanol–water partition coefficient (Wildman–Crippen LogP) is 3.10. The van der Waals surface area contributed by atoms with Crippen molar-refractivity contribution in [3.63, 3.8) is 0 Å². The summed E-state index contributed by atoms with van der Waals surface area (Å²) in [5.41, 5.74) is 0. The average molecular weight is 193 g/mol. The maximum atomic E-state index is 3.98. The molecule has 1 nitrogen and oxygen atoms in total. The maximum absolute atomic E-state index is 3.98. The summed E-state index contributed by atoms with van der Waals surface area (Å²) < 4.78 is 0. The minimum Gasteiger partial charge on any atom is -0.311 e. The molecular weight excluding hydrogens is 170 g/mol. The number of fused-ring (bicyclic) bond motifs is 2. The van der Waals surface area contributed by atoms with Crippen molar-refractivity contribution in [3.8, 4) is 0 Å². The maximum Gasteiger partial charge on any atom is 0.0126 e. The molecule has 0 aliphatic heterocycles. The Morgan fingerprint density at radius 2 is 1.29 bits per heavy atom. The van der Waals surface area contributed by atoms with Crippen molar-refractivity contribution in [3.05, 3.63) is 0 Å². The van der Waals surface area contributed by atoms with E-state index in [0.29, 0.717) is 0 Å². The Kier molecular flexibility index (Phi) is 2.53. The molecule has 3 aliphatic rings. The van der Waals surface area contributed by atoms with Gasteiger partial charge in [0, 0.05) is 12.1 Å². The Balaban J connectivity index is 1.61. The molecule has 0 heterocycles. The Morgan fingerprint density at radius 1 is 0.643 bits per heavy atom. The molecular formula is C13H23N. The van der Waals surface area contributed by atoms with Crippen LogP contribution in [0, 0.1) is 11.8 Å². The van der Waals surface area contributed by atoms with Crippen LogP contribution in [0.15, 0.2) is 0 Å². The van der Waals surface area contributed by atoms with Crippen molar-refractivity contribution in [2.75, 3.05) is 0 Å². The van der Waals surface area contributed by atoms with E-state index in [-0.39, 0.29) is 0 Å². The standard InChI is InChI=1S/C13H23N/c1-2-7-12(6-1)14-13-10-4-3-5-11(13)9-8-10/h10-14H,1-9H2. The van der Waals surface area contributed by atoms with E-state index in [0.717, 1.165) is 23.9 Å². The minimum atomic E-state index is 0.890. The van der Waals surface area contributed by atoms with Gasteiger partial charge < -0.3 is 5.32 Å². The smallest absolute Gasteiger partial charge is 0.0126 e. The minimum absolute atomic E-state index is 0.890. The first-order chi connectivity index (χ1) is 6.93. The number of hydrogen-bond donors (Lipinski definition) is 1. The first-order valence-corrected chi connectivity index (χ1v) is 6.69. The van der Waals surface area contributed by atoms with Gasteiger partial charge in [-0.3, -0.25) is 0 Å². The lowest BCUT2D eigenvalue weighted by atomic mass is 9.83. The first kappa shape index (κ1) is 9.21. The summed E-state index contributed by atoms with van der Waals surface area (Å²) in [5.74, 6) is 2.10. The van der Waals surface area contributed by atoms with Gasteiger partial charge in [-0.1, -0.05) is 19.3 Å². The molecule has 14 heavy (non-hydrogen) atoms. The highest BCUT2D eigenvalue weighted by Crippen LogP contribution is 2.42. The predicted molar refractivity (Wildman–Crippen MR) is 59.2 cm³/mol. The third-order valence-electron chi connectivity index (χ3n) is 4.86. The molecule has 80 valence electrons. The van der Waals surface area contributed by atoms with Crippen molar-refractivity contribution in [2.24, 2.45) is 11.8 Å². The van der Waals surface area contributed by atoms with E-state index in [1.807, 2.05) is 0 Å². The van der Waals surface area contributed by atoms with E-state index in [2.05, 4.69) is 5.32 Å². The Bertz CT molecular complexity index is 179. The van der Waals surface area contributed by atoms with Crippen LogP contribution < -0.4 is 5.32 Å². The fraction of sp³-hybridized carbons (Fsp3) is 1.00. The molecule has 0 aromatic carbocycles. The Hall–Kier alpha value is -0.0400. The summed E-state index contributed by atoms with van der Waals surface area (Å²) in [6.45, 7) is 0. The lowest BCUT2D eigenvalue weighted by Gasteiger charge is -2.33. The Morgan fingerprint density at radius 3 is 1.93 bits per heavy atom. The van der Waals surface area contributed by atoms with Crippen molar-refractivity contribution in [1.82, 2.24) is 5.32 Å². The lowest BCUT2D eigenvalue weighted by molar-refractivity contribution is 0.235. The fourth-order valence-electron chi connectivity index (χ4n) is 4.10. The van der Waals surface area contributed by atoms with Crippen LogP contribution >= 0.6 is 0 Å². The number of rotatable bonds is 2. The molecule has 2 unspecified atom stereocenters. The summed E-state index contributed by atoms with van der Waals surface area (Å²) in [4.78, 5) is 0. The van der Waals surface area contributed by atoms with Gasteiger partial charge >= 0.3 is 0 Å². The number of nitrogens with one attached hydrogen (secondary N) is 1. The quantitative estimate of drug-likeness (QED) is 0.710. The molecule has 3 fully saturated rings. The second-order valence-electron chi connectivity index (χ2n) is 5.70. The second kappa shape index (κ2) is 3.84. The molecule has 1 N–H and O–H groups in total. The van der Waals surface area contributed by atoms with Crippen LogP contribution in [0.5, 0.6) is 0 Å². The van der Waals surface area contributed by atoms with Gasteiger partial charge in [-0.15, -0.1) is 0 Å². The van der Waals surface area contributed by atoms with Crippen molar-refractivity contribution in [1.29, 1.82) is 0 Å². The summed E-state index contributed by atoms with van der Waals surface area (Å²) >= 11 is 0. The third kappa shape index (κ3) is 1.60. The van der Waals surface area contributed by atoms with Gasteiger partial charge in [0.1, 0.15) is 0 Å². The summed E-state index contributed by atoms with van der Waals surface area (Å²) in [6.07, 6.45) is 13.4. The van der Waals surface area contributed by atoms with E-state index >= 15 is 0 Å². The van der Waals surface area contributed by atoms with Crippen LogP contribution in [0.25, 0.3) is 0 Å². The normalized spacial score (nSPS) is 43.3. The molecule has 2 atom stereocenters. The highest BCUT2D eigenvalue weighted by atomic mass is 15.0. The lowest BCUT2D eigenvalue weighted by Crippen LogP contribution is -2.44. The van der Waals surface area contributed by atoms with Crippen molar-refractivity contribution < 1.29 is 0 Å².